The largest absolute Gasteiger partial charge is 0.480 e. The molecule has 1 fully saturated rings. The van der Waals surface area contributed by atoms with Crippen LogP contribution >= 0.6 is 0 Å². The highest BCUT2D eigenvalue weighted by Gasteiger charge is 2.38. The van der Waals surface area contributed by atoms with E-state index in [4.69, 9.17) is 0 Å². The van der Waals surface area contributed by atoms with Crippen molar-refractivity contribution in [2.75, 3.05) is 6.54 Å². The van der Waals surface area contributed by atoms with Crippen molar-refractivity contribution in [3.63, 3.8) is 0 Å². The number of carbonyl (C=O) groups excluding carboxylic acids is 2. The number of nitrogens with zero attached hydrogens (tertiary/aromatic N) is 1. The molecule has 0 radical (unpaired) electrons. The van der Waals surface area contributed by atoms with Crippen molar-refractivity contribution in [3.05, 3.63) is 60.2 Å². The fraction of sp³-hybridized carbons (Fsp3) is 0.348. The average molecular weight is 394 g/mol. The molecule has 0 aliphatic carbocycles. The maximum atomic E-state index is 13.0. The second kappa shape index (κ2) is 8.90. The number of hydrogen-bond acceptors (Lipinski definition) is 3. The SMILES string of the molecule is CC(C)C(NC(=O)c1ccc(-c2ccccc2)cc1)C(=O)N1CCC[C@H]1C(=O)O. The monoisotopic (exact) mass is 394 g/mol. The summed E-state index contributed by atoms with van der Waals surface area (Å²) in [5, 5.41) is 12.2. The molecule has 1 aliphatic heterocycles. The lowest BCUT2D eigenvalue weighted by molar-refractivity contribution is -0.149. The Labute approximate surface area is 170 Å². The van der Waals surface area contributed by atoms with Gasteiger partial charge in [-0.05, 0) is 42.0 Å². The van der Waals surface area contributed by atoms with Crippen LogP contribution in [0.4, 0.5) is 0 Å². The molecule has 6 heteroatoms. The molecule has 1 heterocycles. The Balaban J connectivity index is 1.73. The lowest BCUT2D eigenvalue weighted by Crippen LogP contribution is -2.53. The van der Waals surface area contributed by atoms with Gasteiger partial charge in [0.05, 0.1) is 0 Å². The zero-order valence-electron chi connectivity index (χ0n) is 16.7. The topological polar surface area (TPSA) is 86.7 Å². The summed E-state index contributed by atoms with van der Waals surface area (Å²) in [4.78, 5) is 38.5. The van der Waals surface area contributed by atoms with Crippen LogP contribution in [0.2, 0.25) is 0 Å². The van der Waals surface area contributed by atoms with Crippen molar-refractivity contribution in [1.82, 2.24) is 10.2 Å². The van der Waals surface area contributed by atoms with E-state index in [9.17, 15) is 19.5 Å². The number of nitrogens with one attached hydrogen (secondary N) is 1. The fourth-order valence-electron chi connectivity index (χ4n) is 3.65. The van der Waals surface area contributed by atoms with Gasteiger partial charge in [-0.15, -0.1) is 0 Å². The number of hydrogen-bond donors (Lipinski definition) is 2. The van der Waals surface area contributed by atoms with E-state index in [1.807, 2.05) is 56.3 Å². The summed E-state index contributed by atoms with van der Waals surface area (Å²) >= 11 is 0. The molecule has 2 amide bonds. The van der Waals surface area contributed by atoms with Crippen molar-refractivity contribution in [3.8, 4) is 11.1 Å². The Morgan fingerprint density at radius 1 is 1.00 bits per heavy atom. The van der Waals surface area contributed by atoms with E-state index in [2.05, 4.69) is 5.32 Å². The van der Waals surface area contributed by atoms with Gasteiger partial charge < -0.3 is 15.3 Å². The predicted molar refractivity (Wildman–Crippen MR) is 110 cm³/mol. The van der Waals surface area contributed by atoms with Crippen molar-refractivity contribution in [2.24, 2.45) is 5.92 Å². The van der Waals surface area contributed by atoms with Crippen LogP contribution in [0.5, 0.6) is 0 Å². The molecular formula is C23H26N2O4. The normalized spacial score (nSPS) is 17.2. The van der Waals surface area contributed by atoms with Gasteiger partial charge in [-0.3, -0.25) is 9.59 Å². The van der Waals surface area contributed by atoms with Gasteiger partial charge in [0.1, 0.15) is 12.1 Å². The number of aliphatic carboxylic acids is 1. The van der Waals surface area contributed by atoms with Crippen LogP contribution < -0.4 is 5.32 Å². The standard InChI is InChI=1S/C23H26N2O4/c1-15(2)20(22(27)25-14-6-9-19(25)23(28)29)24-21(26)18-12-10-17(11-13-18)16-7-4-3-5-8-16/h3-5,7-8,10-13,15,19-20H,6,9,14H2,1-2H3,(H,24,26)(H,28,29)/t19-,20?/m0/s1. The highest BCUT2D eigenvalue weighted by atomic mass is 16.4. The van der Waals surface area contributed by atoms with E-state index >= 15 is 0 Å². The molecule has 29 heavy (non-hydrogen) atoms. The maximum absolute atomic E-state index is 13.0. The Kier molecular flexibility index (Phi) is 6.32. The van der Waals surface area contributed by atoms with Crippen LogP contribution in [-0.4, -0.2) is 46.4 Å². The first kappa shape index (κ1) is 20.6. The van der Waals surface area contributed by atoms with Crippen LogP contribution in [0.1, 0.15) is 37.0 Å². The smallest absolute Gasteiger partial charge is 0.326 e. The molecule has 0 spiro atoms. The maximum Gasteiger partial charge on any atom is 0.326 e. The summed E-state index contributed by atoms with van der Waals surface area (Å²) in [6, 6.07) is 15.5. The van der Waals surface area contributed by atoms with E-state index in [1.165, 1.54) is 4.90 Å². The van der Waals surface area contributed by atoms with Crippen LogP contribution in [0.3, 0.4) is 0 Å². The molecule has 0 saturated carbocycles. The minimum absolute atomic E-state index is 0.162. The van der Waals surface area contributed by atoms with Crippen molar-refractivity contribution < 1.29 is 19.5 Å². The average Bonchev–Trinajstić information content (AvgIpc) is 3.22. The van der Waals surface area contributed by atoms with Crippen LogP contribution in [0, 0.1) is 5.92 Å². The number of benzene rings is 2. The quantitative estimate of drug-likeness (QED) is 0.788. The van der Waals surface area contributed by atoms with Crippen LogP contribution in [0.25, 0.3) is 11.1 Å². The van der Waals surface area contributed by atoms with Gasteiger partial charge in [-0.2, -0.15) is 0 Å². The van der Waals surface area contributed by atoms with E-state index in [-0.39, 0.29) is 17.7 Å². The van der Waals surface area contributed by atoms with Gasteiger partial charge in [0.25, 0.3) is 5.91 Å². The second-order valence-corrected chi connectivity index (χ2v) is 7.67. The lowest BCUT2D eigenvalue weighted by atomic mass is 10.0. The third-order valence-electron chi connectivity index (χ3n) is 5.29. The van der Waals surface area contributed by atoms with Crippen molar-refractivity contribution in [1.29, 1.82) is 0 Å². The number of carboxylic acid groups (broad SMARTS) is 1. The summed E-state index contributed by atoms with van der Waals surface area (Å²) in [7, 11) is 0. The lowest BCUT2D eigenvalue weighted by Gasteiger charge is -2.29. The van der Waals surface area contributed by atoms with Gasteiger partial charge in [-0.25, -0.2) is 4.79 Å². The fourth-order valence-corrected chi connectivity index (χ4v) is 3.65. The van der Waals surface area contributed by atoms with E-state index in [0.29, 0.717) is 24.9 Å². The summed E-state index contributed by atoms with van der Waals surface area (Å²) in [5.41, 5.74) is 2.52. The van der Waals surface area contributed by atoms with Gasteiger partial charge in [0.2, 0.25) is 5.91 Å². The molecule has 2 N–H and O–H groups in total. The highest BCUT2D eigenvalue weighted by Crippen LogP contribution is 2.22. The molecule has 2 aromatic rings. The number of carbonyl (C=O) groups is 3. The molecule has 1 unspecified atom stereocenters. The molecule has 3 rings (SSSR count). The zero-order chi connectivity index (χ0) is 21.0. The number of rotatable bonds is 6. The Bertz CT molecular complexity index is 878. The third kappa shape index (κ3) is 4.65. The molecule has 1 saturated heterocycles. The number of amides is 2. The highest BCUT2D eigenvalue weighted by molar-refractivity contribution is 5.98. The first-order valence-corrected chi connectivity index (χ1v) is 9.88. The Morgan fingerprint density at radius 2 is 1.62 bits per heavy atom. The molecule has 0 aromatic heterocycles. The summed E-state index contributed by atoms with van der Waals surface area (Å²) in [5.74, 6) is -1.84. The summed E-state index contributed by atoms with van der Waals surface area (Å²) in [6.45, 7) is 4.08. The number of likely N-dealkylation sites (tertiary alicyclic amines) is 1. The van der Waals surface area contributed by atoms with Gasteiger partial charge >= 0.3 is 5.97 Å². The molecule has 1 aliphatic rings. The molecular weight excluding hydrogens is 368 g/mol. The molecule has 0 bridgehead atoms. The molecule has 2 aromatic carbocycles. The second-order valence-electron chi connectivity index (χ2n) is 7.67. The molecule has 152 valence electrons. The third-order valence-corrected chi connectivity index (χ3v) is 5.29. The molecule has 2 atom stereocenters. The van der Waals surface area contributed by atoms with Crippen LogP contribution in [0.15, 0.2) is 54.6 Å². The number of carboxylic acids is 1. The first-order valence-electron chi connectivity index (χ1n) is 9.88. The van der Waals surface area contributed by atoms with Crippen molar-refractivity contribution >= 4 is 17.8 Å². The molecule has 6 nitrogen and oxygen atoms in total. The van der Waals surface area contributed by atoms with Gasteiger partial charge in [0.15, 0.2) is 0 Å². The summed E-state index contributed by atoms with van der Waals surface area (Å²) in [6.07, 6.45) is 1.10. The minimum Gasteiger partial charge on any atom is -0.480 e. The van der Waals surface area contributed by atoms with Gasteiger partial charge in [0, 0.05) is 12.1 Å². The van der Waals surface area contributed by atoms with Crippen molar-refractivity contribution in [2.45, 2.75) is 38.8 Å². The first-order chi connectivity index (χ1) is 13.9. The summed E-state index contributed by atoms with van der Waals surface area (Å²) < 4.78 is 0. The minimum atomic E-state index is -0.999. The Hall–Kier alpha value is -3.15. The zero-order valence-corrected chi connectivity index (χ0v) is 16.7. The van der Waals surface area contributed by atoms with E-state index in [1.54, 1.807) is 12.1 Å². The van der Waals surface area contributed by atoms with Gasteiger partial charge in [-0.1, -0.05) is 56.3 Å². The predicted octanol–water partition coefficient (Wildman–Crippen LogP) is 3.18. The van der Waals surface area contributed by atoms with Crippen LogP contribution in [-0.2, 0) is 9.59 Å². The van der Waals surface area contributed by atoms with E-state index < -0.39 is 18.1 Å². The van der Waals surface area contributed by atoms with E-state index in [0.717, 1.165) is 11.1 Å². The Morgan fingerprint density at radius 3 is 2.21 bits per heavy atom.